The van der Waals surface area contributed by atoms with Gasteiger partial charge in [0.2, 0.25) is 0 Å². The van der Waals surface area contributed by atoms with E-state index in [1.165, 1.54) is 11.8 Å². The van der Waals surface area contributed by atoms with Gasteiger partial charge in [0.15, 0.2) is 30.9 Å². The number of fused-ring (bicyclic) bond motifs is 1. The molecule has 1 unspecified atom stereocenters. The summed E-state index contributed by atoms with van der Waals surface area (Å²) in [6.45, 7) is 0.186. The van der Waals surface area contributed by atoms with Crippen molar-refractivity contribution < 1.29 is 61.8 Å². The number of benzene rings is 7. The number of rotatable bonds is 18. The Balaban J connectivity index is 1.02. The molecule has 3 aliphatic heterocycles. The van der Waals surface area contributed by atoms with E-state index in [9.17, 15) is 14.4 Å². The summed E-state index contributed by atoms with van der Waals surface area (Å²) in [5.41, 5.74) is 2.29. The van der Waals surface area contributed by atoms with Gasteiger partial charge < -0.3 is 47.4 Å². The second-order valence-corrected chi connectivity index (χ2v) is 18.9. The quantitative estimate of drug-likeness (QED) is 0.0594. The molecule has 3 aliphatic rings. The summed E-state index contributed by atoms with van der Waals surface area (Å²) in [6, 6.07) is 63.8. The third-order valence-electron chi connectivity index (χ3n) is 12.7. The molecule has 0 amide bonds. The van der Waals surface area contributed by atoms with Gasteiger partial charge in [0.1, 0.15) is 36.0 Å². The number of esters is 3. The smallest absolute Gasteiger partial charge is 0.338 e. The molecule has 0 N–H and O–H groups in total. The van der Waals surface area contributed by atoms with Crippen LogP contribution in [0.5, 0.6) is 0 Å². The zero-order valence-electron chi connectivity index (χ0n) is 40.1. The predicted octanol–water partition coefficient (Wildman–Crippen LogP) is 10.2. The summed E-state index contributed by atoms with van der Waals surface area (Å²) >= 11 is 1.25. The Morgan fingerprint density at radius 2 is 0.892 bits per heavy atom. The van der Waals surface area contributed by atoms with Crippen LogP contribution in [-0.4, -0.2) is 91.7 Å². The summed E-state index contributed by atoms with van der Waals surface area (Å²) in [5.74, 6) is -2.20. The largest absolute Gasteiger partial charge is 0.452 e. The summed E-state index contributed by atoms with van der Waals surface area (Å²) < 4.78 is 66.7. The van der Waals surface area contributed by atoms with E-state index in [1.54, 1.807) is 91.0 Å². The van der Waals surface area contributed by atoms with Crippen LogP contribution in [0.15, 0.2) is 217 Å². The van der Waals surface area contributed by atoms with E-state index in [0.717, 1.165) is 21.6 Å². The molecule has 0 saturated carbocycles. The first-order chi connectivity index (χ1) is 36.4. The van der Waals surface area contributed by atoms with E-state index < -0.39 is 84.8 Å². The van der Waals surface area contributed by atoms with Gasteiger partial charge in [-0.25, -0.2) is 14.4 Å². The molecule has 10 rings (SSSR count). The zero-order valence-corrected chi connectivity index (χ0v) is 40.9. The Kier molecular flexibility index (Phi) is 17.0. The standard InChI is InChI=1S/C60H54O13S/c61-55(42-26-12-3-13-27-42)70-50-48(69-60(74-46-34-20-7-21-35-46)54(72-57(63)44-30-16-5-17-31-44)52(50)71-56(62)43-28-14-4-15-29-43)39-67-59-53(65-37-41-24-10-2-11-25-41)51(64-36-40-22-8-1-9-23-40)49-47(68-59)38-66-58(73-49)45-32-18-6-19-33-45/h1-35,47-54,58-60H,36-39H2/t47-,48-,49-,50-,51+,52+,53-,54-,58?,59-,60+/m1/s1. The fourth-order valence-corrected chi connectivity index (χ4v) is 10.1. The molecule has 0 radical (unpaired) electrons. The number of hydrogen-bond acceptors (Lipinski definition) is 14. The third kappa shape index (κ3) is 12.7. The minimum atomic E-state index is -1.45. The summed E-state index contributed by atoms with van der Waals surface area (Å²) in [4.78, 5) is 43.5. The number of thioether (sulfide) groups is 1. The maximum atomic E-state index is 14.3. The SMILES string of the molecule is O=C(O[C@@H]1[C@@H](OC(=O)c2ccccc2)[C@H](Sc2ccccc2)O[C@H](CO[C@@H]2O[C@@H]3COC(c4ccccc4)O[C@H]3[C@H](OCc3ccccc3)[C@H]2OCc2ccccc2)[C@H]1OC(=O)c1ccccc1)c1ccccc1. The van der Waals surface area contributed by atoms with E-state index in [4.69, 9.17) is 47.4 Å². The molecule has 0 aromatic heterocycles. The zero-order chi connectivity index (χ0) is 50.5. The minimum Gasteiger partial charge on any atom is -0.452 e. The Morgan fingerprint density at radius 3 is 1.42 bits per heavy atom. The molecule has 74 heavy (non-hydrogen) atoms. The van der Waals surface area contributed by atoms with E-state index >= 15 is 0 Å². The first-order valence-corrected chi connectivity index (χ1v) is 25.4. The Hall–Kier alpha value is -6.98. The maximum Gasteiger partial charge on any atom is 0.338 e. The van der Waals surface area contributed by atoms with Gasteiger partial charge in [-0.2, -0.15) is 0 Å². The highest BCUT2D eigenvalue weighted by molar-refractivity contribution is 7.99. The van der Waals surface area contributed by atoms with Gasteiger partial charge in [-0.1, -0.05) is 176 Å². The van der Waals surface area contributed by atoms with Crippen LogP contribution in [0.3, 0.4) is 0 Å². The summed E-state index contributed by atoms with van der Waals surface area (Å²) in [5, 5.41) is 0. The highest BCUT2D eigenvalue weighted by atomic mass is 32.2. The van der Waals surface area contributed by atoms with Crippen molar-refractivity contribution in [3.8, 4) is 0 Å². The molecule has 7 aromatic carbocycles. The Bertz CT molecular complexity index is 2850. The second-order valence-electron chi connectivity index (χ2n) is 17.8. The monoisotopic (exact) mass is 1010 g/mol. The van der Waals surface area contributed by atoms with E-state index in [0.29, 0.717) is 0 Å². The van der Waals surface area contributed by atoms with Crippen molar-refractivity contribution in [1.29, 1.82) is 0 Å². The molecule has 3 heterocycles. The van der Waals surface area contributed by atoms with Crippen LogP contribution < -0.4 is 0 Å². The van der Waals surface area contributed by atoms with Crippen LogP contribution >= 0.6 is 11.8 Å². The topological polar surface area (TPSA) is 144 Å². The predicted molar refractivity (Wildman–Crippen MR) is 273 cm³/mol. The van der Waals surface area contributed by atoms with Crippen molar-refractivity contribution in [3.05, 3.63) is 246 Å². The van der Waals surface area contributed by atoms with Crippen LogP contribution in [0.1, 0.15) is 54.1 Å². The van der Waals surface area contributed by atoms with Crippen molar-refractivity contribution in [1.82, 2.24) is 0 Å². The molecule has 11 atom stereocenters. The third-order valence-corrected chi connectivity index (χ3v) is 13.9. The molecule has 3 saturated heterocycles. The fourth-order valence-electron chi connectivity index (χ4n) is 8.99. The molecule has 3 fully saturated rings. The lowest BCUT2D eigenvalue weighted by Crippen LogP contribution is -2.65. The minimum absolute atomic E-state index is 0.125. The first-order valence-electron chi connectivity index (χ1n) is 24.5. The number of ether oxygens (including phenoxy) is 10. The highest BCUT2D eigenvalue weighted by Gasteiger charge is 2.55. The lowest BCUT2D eigenvalue weighted by molar-refractivity contribution is -0.375. The van der Waals surface area contributed by atoms with E-state index in [1.807, 2.05) is 121 Å². The van der Waals surface area contributed by atoms with Crippen LogP contribution in [0.4, 0.5) is 0 Å². The van der Waals surface area contributed by atoms with Crippen molar-refractivity contribution in [2.24, 2.45) is 0 Å². The van der Waals surface area contributed by atoms with Crippen molar-refractivity contribution in [3.63, 3.8) is 0 Å². The maximum absolute atomic E-state index is 14.3. The van der Waals surface area contributed by atoms with Gasteiger partial charge in [0, 0.05) is 10.5 Å². The lowest BCUT2D eigenvalue weighted by atomic mass is 9.96. The van der Waals surface area contributed by atoms with Crippen LogP contribution in [0, 0.1) is 0 Å². The van der Waals surface area contributed by atoms with E-state index in [-0.39, 0.29) is 43.1 Å². The van der Waals surface area contributed by atoms with Crippen LogP contribution in [0.25, 0.3) is 0 Å². The Labute approximate surface area is 433 Å². The van der Waals surface area contributed by atoms with Crippen molar-refractivity contribution in [2.45, 2.75) is 85.0 Å². The molecular weight excluding hydrogens is 961 g/mol. The average Bonchev–Trinajstić information content (AvgIpc) is 3.46. The van der Waals surface area contributed by atoms with Gasteiger partial charge in [-0.3, -0.25) is 0 Å². The summed E-state index contributed by atoms with van der Waals surface area (Å²) in [7, 11) is 0. The fraction of sp³-hybridized carbons (Fsp3) is 0.250. The Morgan fingerprint density at radius 1 is 0.446 bits per heavy atom. The lowest BCUT2D eigenvalue weighted by Gasteiger charge is -2.49. The average molecular weight is 1020 g/mol. The van der Waals surface area contributed by atoms with Gasteiger partial charge in [0.25, 0.3) is 0 Å². The van der Waals surface area contributed by atoms with Crippen molar-refractivity contribution in [2.75, 3.05) is 13.2 Å². The molecule has 13 nitrogen and oxygen atoms in total. The normalized spacial score (nSPS) is 25.4. The van der Waals surface area contributed by atoms with E-state index in [2.05, 4.69) is 0 Å². The molecule has 0 spiro atoms. The molecule has 0 bridgehead atoms. The second kappa shape index (κ2) is 24.8. The summed E-state index contributed by atoms with van der Waals surface area (Å²) in [6.07, 6.45) is -10.4. The molecule has 0 aliphatic carbocycles. The number of carbonyl (C=O) groups excluding carboxylic acids is 3. The van der Waals surface area contributed by atoms with Gasteiger partial charge >= 0.3 is 17.9 Å². The number of carbonyl (C=O) groups is 3. The van der Waals surface area contributed by atoms with Crippen LogP contribution in [0.2, 0.25) is 0 Å². The number of hydrogen-bond donors (Lipinski definition) is 0. The van der Waals surface area contributed by atoms with Gasteiger partial charge in [0.05, 0.1) is 43.1 Å². The molecule has 14 heteroatoms. The molecule has 7 aromatic rings. The molecule has 378 valence electrons. The first kappa shape index (κ1) is 50.5. The van der Waals surface area contributed by atoms with Gasteiger partial charge in [-0.15, -0.1) is 0 Å². The van der Waals surface area contributed by atoms with Gasteiger partial charge in [-0.05, 0) is 59.7 Å². The highest BCUT2D eigenvalue weighted by Crippen LogP contribution is 2.41. The molecular formula is C60H54O13S. The van der Waals surface area contributed by atoms with Crippen molar-refractivity contribution >= 4 is 29.7 Å². The van der Waals surface area contributed by atoms with Crippen LogP contribution in [-0.2, 0) is 60.6 Å².